The fraction of sp³-hybridized carbons (Fsp3) is 0. The number of aromatic nitrogens is 1. The number of anilines is 2. The van der Waals surface area contributed by atoms with Crippen molar-refractivity contribution in [2.45, 2.75) is 4.90 Å². The Bertz CT molecular complexity index is 704. The average molecular weight is 346 g/mol. The van der Waals surface area contributed by atoms with E-state index in [2.05, 4.69) is 25.6 Å². The minimum absolute atomic E-state index is 0.117. The third-order valence-corrected chi connectivity index (χ3v) is 4.15. The predicted octanol–water partition coefficient (Wildman–Crippen LogP) is 2.37. The van der Waals surface area contributed by atoms with Crippen LogP contribution in [0.2, 0.25) is 0 Å². The lowest BCUT2D eigenvalue weighted by Gasteiger charge is -2.09. The van der Waals surface area contributed by atoms with Gasteiger partial charge in [-0.25, -0.2) is 17.8 Å². The van der Waals surface area contributed by atoms with Gasteiger partial charge in [-0.1, -0.05) is 6.07 Å². The first-order chi connectivity index (χ1) is 8.90. The van der Waals surface area contributed by atoms with E-state index in [1.165, 1.54) is 24.4 Å². The lowest BCUT2D eigenvalue weighted by atomic mass is 10.3. The highest BCUT2D eigenvalue weighted by molar-refractivity contribution is 9.10. The molecule has 0 bridgehead atoms. The summed E-state index contributed by atoms with van der Waals surface area (Å²) in [6.45, 7) is 0. The number of nitrogen functional groups attached to an aromatic ring is 1. The van der Waals surface area contributed by atoms with Crippen LogP contribution in [-0.4, -0.2) is 13.4 Å². The Balaban J connectivity index is 2.38. The largest absolute Gasteiger partial charge is 0.395 e. The van der Waals surface area contributed by atoms with Gasteiger partial charge in [-0.05, 0) is 40.2 Å². The molecule has 2 aromatic rings. The average Bonchev–Trinajstić information content (AvgIpc) is 2.35. The van der Waals surface area contributed by atoms with Crippen LogP contribution in [0.25, 0.3) is 0 Å². The van der Waals surface area contributed by atoms with Crippen LogP contribution in [0.1, 0.15) is 0 Å². The van der Waals surface area contributed by atoms with Gasteiger partial charge in [0.2, 0.25) is 0 Å². The van der Waals surface area contributed by atoms with Gasteiger partial charge in [0.1, 0.15) is 16.5 Å². The number of para-hydroxylation sites is 1. The second kappa shape index (κ2) is 5.14. The van der Waals surface area contributed by atoms with Gasteiger partial charge in [-0.2, -0.15) is 0 Å². The van der Waals surface area contributed by atoms with Crippen LogP contribution in [0, 0.1) is 5.82 Å². The topological polar surface area (TPSA) is 85.1 Å². The van der Waals surface area contributed by atoms with E-state index in [0.717, 1.165) is 6.07 Å². The highest BCUT2D eigenvalue weighted by Crippen LogP contribution is 2.23. The van der Waals surface area contributed by atoms with Gasteiger partial charge in [0.15, 0.2) is 0 Å². The molecule has 0 saturated carbocycles. The van der Waals surface area contributed by atoms with Crippen LogP contribution >= 0.6 is 15.9 Å². The van der Waals surface area contributed by atoms with E-state index >= 15 is 0 Å². The van der Waals surface area contributed by atoms with Crippen molar-refractivity contribution < 1.29 is 12.8 Å². The number of nitrogens with zero attached hydrogens (tertiary/aromatic N) is 1. The molecule has 0 radical (unpaired) electrons. The zero-order chi connectivity index (χ0) is 14.0. The summed E-state index contributed by atoms with van der Waals surface area (Å²) in [5.41, 5.74) is 5.00. The van der Waals surface area contributed by atoms with E-state index in [1.54, 1.807) is 6.07 Å². The van der Waals surface area contributed by atoms with E-state index in [0.29, 0.717) is 4.47 Å². The molecule has 0 unspecified atom stereocenters. The maximum atomic E-state index is 13.3. The molecular weight excluding hydrogens is 337 g/mol. The Morgan fingerprint density at radius 1 is 1.26 bits per heavy atom. The van der Waals surface area contributed by atoms with Gasteiger partial charge in [0.05, 0.1) is 5.69 Å². The highest BCUT2D eigenvalue weighted by Gasteiger charge is 2.19. The first kappa shape index (κ1) is 13.8. The quantitative estimate of drug-likeness (QED) is 0.836. The molecule has 100 valence electrons. The summed E-state index contributed by atoms with van der Waals surface area (Å²) in [4.78, 5) is 3.55. The second-order valence-electron chi connectivity index (χ2n) is 3.62. The van der Waals surface area contributed by atoms with Crippen LogP contribution in [0.15, 0.2) is 45.9 Å². The fourth-order valence-electron chi connectivity index (χ4n) is 1.38. The Morgan fingerprint density at radius 2 is 2.00 bits per heavy atom. The summed E-state index contributed by atoms with van der Waals surface area (Å²) in [5.74, 6) is -0.668. The summed E-state index contributed by atoms with van der Waals surface area (Å²) < 4.78 is 40.3. The lowest BCUT2D eigenvalue weighted by Crippen LogP contribution is -2.16. The van der Waals surface area contributed by atoms with Crippen LogP contribution < -0.4 is 10.5 Å². The maximum Gasteiger partial charge on any atom is 0.265 e. The van der Waals surface area contributed by atoms with Crippen molar-refractivity contribution in [1.29, 1.82) is 0 Å². The van der Waals surface area contributed by atoms with Gasteiger partial charge in [0.25, 0.3) is 10.0 Å². The van der Waals surface area contributed by atoms with Crippen molar-refractivity contribution in [3.8, 4) is 0 Å². The monoisotopic (exact) mass is 345 g/mol. The van der Waals surface area contributed by atoms with Crippen LogP contribution in [0.4, 0.5) is 15.9 Å². The number of hydrogen-bond donors (Lipinski definition) is 2. The lowest BCUT2D eigenvalue weighted by molar-refractivity contribution is 0.597. The molecule has 19 heavy (non-hydrogen) atoms. The minimum Gasteiger partial charge on any atom is -0.395 e. The first-order valence-electron chi connectivity index (χ1n) is 5.08. The van der Waals surface area contributed by atoms with E-state index in [9.17, 15) is 12.8 Å². The molecule has 0 aliphatic rings. The van der Waals surface area contributed by atoms with Crippen molar-refractivity contribution in [1.82, 2.24) is 4.98 Å². The molecule has 2 rings (SSSR count). The van der Waals surface area contributed by atoms with Crippen molar-refractivity contribution in [2.24, 2.45) is 0 Å². The Kier molecular flexibility index (Phi) is 3.72. The Labute approximate surface area is 117 Å². The molecule has 1 aromatic carbocycles. The fourth-order valence-corrected chi connectivity index (χ4v) is 2.77. The standard InChI is InChI=1S/C11H9BrFN3O2S/c12-7-4-5-10(15-6-7)16-19(17,18)9-3-1-2-8(13)11(9)14/h1-6H,14H2,(H,15,16). The number of nitrogens with one attached hydrogen (secondary N) is 1. The summed E-state index contributed by atoms with van der Waals surface area (Å²) in [6.07, 6.45) is 1.44. The van der Waals surface area contributed by atoms with Crippen molar-refractivity contribution in [3.63, 3.8) is 0 Å². The normalized spacial score (nSPS) is 11.3. The van der Waals surface area contributed by atoms with E-state index in [1.807, 2.05) is 0 Å². The molecule has 0 amide bonds. The molecule has 0 saturated heterocycles. The third kappa shape index (κ3) is 3.02. The summed E-state index contributed by atoms with van der Waals surface area (Å²) in [6, 6.07) is 6.68. The number of sulfonamides is 1. The number of halogens is 2. The van der Waals surface area contributed by atoms with Crippen LogP contribution in [0.3, 0.4) is 0 Å². The molecule has 1 heterocycles. The SMILES string of the molecule is Nc1c(F)cccc1S(=O)(=O)Nc1ccc(Br)cn1. The first-order valence-corrected chi connectivity index (χ1v) is 7.36. The number of rotatable bonds is 3. The molecule has 8 heteroatoms. The molecule has 1 aromatic heterocycles. The minimum atomic E-state index is -3.97. The van der Waals surface area contributed by atoms with E-state index in [4.69, 9.17) is 5.73 Å². The Hall–Kier alpha value is -1.67. The third-order valence-electron chi connectivity index (χ3n) is 2.27. The van der Waals surface area contributed by atoms with E-state index in [-0.39, 0.29) is 10.7 Å². The zero-order valence-electron chi connectivity index (χ0n) is 9.47. The highest BCUT2D eigenvalue weighted by atomic mass is 79.9. The number of nitrogens with two attached hydrogens (primary N) is 1. The van der Waals surface area contributed by atoms with Crippen LogP contribution in [0.5, 0.6) is 0 Å². The van der Waals surface area contributed by atoms with Gasteiger partial charge < -0.3 is 5.73 Å². The molecule has 0 spiro atoms. The van der Waals surface area contributed by atoms with Crippen molar-refractivity contribution >= 4 is 37.5 Å². The summed E-state index contributed by atoms with van der Waals surface area (Å²) in [5, 5.41) is 0. The molecule has 0 aliphatic carbocycles. The number of pyridine rings is 1. The van der Waals surface area contributed by atoms with Crippen molar-refractivity contribution in [3.05, 3.63) is 46.8 Å². The number of hydrogen-bond acceptors (Lipinski definition) is 4. The second-order valence-corrected chi connectivity index (χ2v) is 6.19. The van der Waals surface area contributed by atoms with Gasteiger partial charge in [-0.15, -0.1) is 0 Å². The van der Waals surface area contributed by atoms with E-state index < -0.39 is 21.5 Å². The van der Waals surface area contributed by atoms with Gasteiger partial charge in [-0.3, -0.25) is 4.72 Å². The summed E-state index contributed by atoms with van der Waals surface area (Å²) in [7, 11) is -3.97. The van der Waals surface area contributed by atoms with Crippen LogP contribution in [-0.2, 0) is 10.0 Å². The molecule has 0 aliphatic heterocycles. The maximum absolute atomic E-state index is 13.3. The van der Waals surface area contributed by atoms with Gasteiger partial charge >= 0.3 is 0 Å². The molecule has 0 atom stereocenters. The summed E-state index contributed by atoms with van der Waals surface area (Å²) >= 11 is 3.18. The van der Waals surface area contributed by atoms with Gasteiger partial charge in [0, 0.05) is 10.7 Å². The molecule has 0 fully saturated rings. The molecule has 3 N–H and O–H groups in total. The zero-order valence-corrected chi connectivity index (χ0v) is 11.9. The molecule has 5 nitrogen and oxygen atoms in total. The Morgan fingerprint density at radius 3 is 2.63 bits per heavy atom. The smallest absolute Gasteiger partial charge is 0.265 e. The van der Waals surface area contributed by atoms with Crippen molar-refractivity contribution in [2.75, 3.05) is 10.5 Å². The predicted molar refractivity (Wildman–Crippen MR) is 73.6 cm³/mol. The number of benzene rings is 1. The molecular formula is C11H9BrFN3O2S.